The minimum absolute atomic E-state index is 0.0326. The Bertz CT molecular complexity index is 1090. The topological polar surface area (TPSA) is 97.0 Å². The maximum Gasteiger partial charge on any atom is 0.328 e. The molecule has 0 radical (unpaired) electrons. The highest BCUT2D eigenvalue weighted by atomic mass is 16.5. The van der Waals surface area contributed by atoms with Crippen LogP contribution in [0.4, 0.5) is 16.2 Å². The van der Waals surface area contributed by atoms with Crippen molar-refractivity contribution < 1.29 is 23.9 Å². The maximum absolute atomic E-state index is 13.1. The first kappa shape index (κ1) is 25.5. The zero-order chi connectivity index (χ0) is 25.7. The molecule has 2 aromatic carbocycles. The molecule has 0 unspecified atom stereocenters. The Hall–Kier alpha value is -3.55. The lowest BCUT2D eigenvalue weighted by Gasteiger charge is -2.32. The number of carbonyl (C=O) groups is 3. The van der Waals surface area contributed by atoms with Gasteiger partial charge in [0.1, 0.15) is 11.8 Å². The van der Waals surface area contributed by atoms with Crippen molar-refractivity contribution in [3.63, 3.8) is 0 Å². The van der Waals surface area contributed by atoms with Crippen LogP contribution in [-0.2, 0) is 14.3 Å². The molecular weight excluding hydrogens is 458 g/mol. The third-order valence-corrected chi connectivity index (χ3v) is 7.33. The Kier molecular flexibility index (Phi) is 8.13. The Morgan fingerprint density at radius 2 is 1.64 bits per heavy atom. The van der Waals surface area contributed by atoms with Crippen LogP contribution in [0.15, 0.2) is 42.5 Å². The fourth-order valence-electron chi connectivity index (χ4n) is 5.36. The predicted octanol–water partition coefficient (Wildman–Crippen LogP) is 5.09. The van der Waals surface area contributed by atoms with E-state index in [0.29, 0.717) is 36.0 Å². The highest BCUT2D eigenvalue weighted by Gasteiger charge is 2.38. The molecule has 3 amide bonds. The van der Waals surface area contributed by atoms with Crippen LogP contribution in [0.2, 0.25) is 0 Å². The van der Waals surface area contributed by atoms with E-state index in [2.05, 4.69) is 10.6 Å². The minimum atomic E-state index is -0.426. The summed E-state index contributed by atoms with van der Waals surface area (Å²) in [4.78, 5) is 39.3. The van der Waals surface area contributed by atoms with Gasteiger partial charge in [-0.05, 0) is 86.8 Å². The van der Waals surface area contributed by atoms with E-state index in [9.17, 15) is 14.4 Å². The molecule has 1 aliphatic carbocycles. The molecule has 36 heavy (non-hydrogen) atoms. The van der Waals surface area contributed by atoms with Crippen LogP contribution in [0.1, 0.15) is 55.6 Å². The van der Waals surface area contributed by atoms with Crippen molar-refractivity contribution >= 4 is 29.3 Å². The summed E-state index contributed by atoms with van der Waals surface area (Å²) in [5.74, 6) is 0.732. The second-order valence-corrected chi connectivity index (χ2v) is 9.67. The number of rotatable bonds is 6. The lowest BCUT2D eigenvalue weighted by molar-refractivity contribution is -0.152. The molecule has 2 aliphatic rings. The van der Waals surface area contributed by atoms with Gasteiger partial charge in [-0.1, -0.05) is 18.2 Å². The van der Waals surface area contributed by atoms with Crippen LogP contribution >= 0.6 is 0 Å². The Morgan fingerprint density at radius 3 is 2.31 bits per heavy atom. The largest absolute Gasteiger partial charge is 0.495 e. The molecular formula is C28H35N3O5. The number of aryl methyl sites for hydroxylation is 1. The number of methoxy groups -OCH3 is 2. The quantitative estimate of drug-likeness (QED) is 0.547. The maximum atomic E-state index is 13.1. The molecule has 1 aliphatic heterocycles. The number of nitrogens with zero attached hydrogens (tertiary/aromatic N) is 1. The summed E-state index contributed by atoms with van der Waals surface area (Å²) in [5.41, 5.74) is 3.55. The normalized spacial score (nSPS) is 21.5. The standard InChI is InChI=1S/C28H35N3O5/c1-18-6-15-25(35-2)23(17-18)30-28(34)29-22-13-11-20(12-14-22)19-7-9-21(10-8-19)26(32)31-16-4-5-24(31)27(33)36-3/h6,11-15,17,19,21,24H,4-5,7-10,16H2,1-3H3,(H2,29,30,34)/t19-,21-,24-/m0/s1. The summed E-state index contributed by atoms with van der Waals surface area (Å²) >= 11 is 0. The van der Waals surface area contributed by atoms with Crippen LogP contribution in [0.5, 0.6) is 5.75 Å². The Morgan fingerprint density at radius 1 is 0.917 bits per heavy atom. The smallest absolute Gasteiger partial charge is 0.328 e. The Labute approximate surface area is 212 Å². The van der Waals surface area contributed by atoms with Crippen LogP contribution in [0.25, 0.3) is 0 Å². The molecule has 8 nitrogen and oxygen atoms in total. The van der Waals surface area contributed by atoms with Crippen molar-refractivity contribution in [1.29, 1.82) is 0 Å². The first-order valence-corrected chi connectivity index (χ1v) is 12.6. The third kappa shape index (κ3) is 5.80. The first-order valence-electron chi connectivity index (χ1n) is 12.6. The van der Waals surface area contributed by atoms with E-state index in [4.69, 9.17) is 9.47 Å². The predicted molar refractivity (Wildman–Crippen MR) is 138 cm³/mol. The van der Waals surface area contributed by atoms with Crippen LogP contribution in [0.3, 0.4) is 0 Å². The number of benzene rings is 2. The van der Waals surface area contributed by atoms with E-state index in [1.807, 2.05) is 49.4 Å². The molecule has 1 saturated carbocycles. The molecule has 0 spiro atoms. The second kappa shape index (κ2) is 11.5. The van der Waals surface area contributed by atoms with Crippen LogP contribution < -0.4 is 15.4 Å². The van der Waals surface area contributed by atoms with Gasteiger partial charge in [-0.15, -0.1) is 0 Å². The number of hydrogen-bond donors (Lipinski definition) is 2. The molecule has 1 atom stereocenters. The fourth-order valence-corrected chi connectivity index (χ4v) is 5.36. The van der Waals surface area contributed by atoms with Crippen LogP contribution in [-0.4, -0.2) is 49.6 Å². The van der Waals surface area contributed by atoms with Gasteiger partial charge in [-0.2, -0.15) is 0 Å². The summed E-state index contributed by atoms with van der Waals surface area (Å²) in [5, 5.41) is 5.71. The van der Waals surface area contributed by atoms with Gasteiger partial charge in [0.25, 0.3) is 0 Å². The summed E-state index contributed by atoms with van der Waals surface area (Å²) in [6, 6.07) is 12.8. The number of urea groups is 1. The number of hydrogen-bond acceptors (Lipinski definition) is 5. The monoisotopic (exact) mass is 493 g/mol. The number of amides is 3. The van der Waals surface area contributed by atoms with Crippen molar-refractivity contribution in [3.05, 3.63) is 53.6 Å². The molecule has 4 rings (SSSR count). The average Bonchev–Trinajstić information content (AvgIpc) is 3.38. The van der Waals surface area contributed by atoms with E-state index >= 15 is 0 Å². The SMILES string of the molecule is COC(=O)[C@@H]1CCCN1C(=O)[C@H]1CC[C@H](c2ccc(NC(=O)Nc3cc(C)ccc3OC)cc2)CC1. The lowest BCUT2D eigenvalue weighted by atomic mass is 9.78. The summed E-state index contributed by atoms with van der Waals surface area (Å²) in [6.07, 6.45) is 5.01. The van der Waals surface area contributed by atoms with Crippen molar-refractivity contribution in [2.75, 3.05) is 31.4 Å². The number of ether oxygens (including phenoxy) is 2. The Balaban J connectivity index is 1.29. The van der Waals surface area contributed by atoms with Gasteiger partial charge in [0.2, 0.25) is 5.91 Å². The van der Waals surface area contributed by atoms with Gasteiger partial charge in [-0.25, -0.2) is 9.59 Å². The van der Waals surface area contributed by atoms with Crippen molar-refractivity contribution in [2.45, 2.75) is 57.4 Å². The molecule has 2 fully saturated rings. The molecule has 1 saturated heterocycles. The highest BCUT2D eigenvalue weighted by Crippen LogP contribution is 2.38. The van der Waals surface area contributed by atoms with Gasteiger partial charge in [0, 0.05) is 18.2 Å². The number of carbonyl (C=O) groups excluding carboxylic acids is 3. The zero-order valence-electron chi connectivity index (χ0n) is 21.2. The lowest BCUT2D eigenvalue weighted by Crippen LogP contribution is -2.44. The molecule has 0 aromatic heterocycles. The van der Waals surface area contributed by atoms with Gasteiger partial charge in [-0.3, -0.25) is 4.79 Å². The summed E-state index contributed by atoms with van der Waals surface area (Å²) in [7, 11) is 2.95. The van der Waals surface area contributed by atoms with E-state index in [-0.39, 0.29) is 23.8 Å². The average molecular weight is 494 g/mol. The first-order chi connectivity index (χ1) is 17.4. The molecule has 8 heteroatoms. The van der Waals surface area contributed by atoms with Gasteiger partial charge < -0.3 is 25.0 Å². The highest BCUT2D eigenvalue weighted by molar-refractivity contribution is 6.00. The van der Waals surface area contributed by atoms with Crippen molar-refractivity contribution in [3.8, 4) is 5.75 Å². The number of nitrogens with one attached hydrogen (secondary N) is 2. The number of anilines is 2. The van der Waals surface area contributed by atoms with Gasteiger partial charge in [0.15, 0.2) is 0 Å². The van der Waals surface area contributed by atoms with E-state index in [1.54, 1.807) is 12.0 Å². The molecule has 2 N–H and O–H groups in total. The van der Waals surface area contributed by atoms with E-state index < -0.39 is 6.04 Å². The number of esters is 1. The minimum Gasteiger partial charge on any atom is -0.495 e. The summed E-state index contributed by atoms with van der Waals surface area (Å²) < 4.78 is 10.2. The third-order valence-electron chi connectivity index (χ3n) is 7.33. The van der Waals surface area contributed by atoms with Gasteiger partial charge >= 0.3 is 12.0 Å². The van der Waals surface area contributed by atoms with Gasteiger partial charge in [0.05, 0.1) is 19.9 Å². The summed E-state index contributed by atoms with van der Waals surface area (Å²) in [6.45, 7) is 2.59. The molecule has 2 aromatic rings. The molecule has 1 heterocycles. The van der Waals surface area contributed by atoms with E-state index in [1.165, 1.54) is 12.7 Å². The second-order valence-electron chi connectivity index (χ2n) is 9.67. The van der Waals surface area contributed by atoms with E-state index in [0.717, 1.165) is 37.7 Å². The van der Waals surface area contributed by atoms with Crippen molar-refractivity contribution in [1.82, 2.24) is 4.90 Å². The van der Waals surface area contributed by atoms with Crippen LogP contribution in [0, 0.1) is 12.8 Å². The fraction of sp³-hybridized carbons (Fsp3) is 0.464. The molecule has 192 valence electrons. The van der Waals surface area contributed by atoms with Crippen molar-refractivity contribution in [2.24, 2.45) is 5.92 Å². The molecule has 0 bridgehead atoms. The zero-order valence-corrected chi connectivity index (χ0v) is 21.2. The number of likely N-dealkylation sites (tertiary alicyclic amines) is 1.